The van der Waals surface area contributed by atoms with E-state index >= 15 is 0 Å². The van der Waals surface area contributed by atoms with Crippen molar-refractivity contribution in [1.29, 1.82) is 0 Å². The molecule has 0 radical (unpaired) electrons. The number of nitrogens with zero attached hydrogens (tertiary/aromatic N) is 3. The van der Waals surface area contributed by atoms with Crippen LogP contribution in [-0.2, 0) is 4.79 Å². The molecule has 0 bridgehead atoms. The van der Waals surface area contributed by atoms with Gasteiger partial charge in [-0.3, -0.25) is 20.4 Å². The van der Waals surface area contributed by atoms with Crippen LogP contribution >= 0.6 is 0 Å². The van der Waals surface area contributed by atoms with Crippen molar-refractivity contribution in [3.05, 3.63) is 35.8 Å². The molecule has 194 valence electrons. The Kier molecular flexibility index (Phi) is 10.6. The summed E-state index contributed by atoms with van der Waals surface area (Å²) < 4.78 is 43.9. The van der Waals surface area contributed by atoms with E-state index in [0.29, 0.717) is 10.8 Å². The van der Waals surface area contributed by atoms with Gasteiger partial charge >= 0.3 is 12.5 Å². The highest BCUT2D eigenvalue weighted by molar-refractivity contribution is 5.88. The minimum Gasteiger partial charge on any atom is -0.395 e. The summed E-state index contributed by atoms with van der Waals surface area (Å²) in [5, 5.41) is 40.2. The van der Waals surface area contributed by atoms with E-state index in [4.69, 9.17) is 4.52 Å². The van der Waals surface area contributed by atoms with Gasteiger partial charge in [0.25, 0.3) is 5.91 Å². The van der Waals surface area contributed by atoms with Crippen LogP contribution in [0.15, 0.2) is 28.8 Å². The van der Waals surface area contributed by atoms with Crippen molar-refractivity contribution in [2.24, 2.45) is 0 Å². The number of hydrogen-bond acceptors (Lipinski definition) is 9. The monoisotopic (exact) mass is 504 g/mol. The zero-order valence-electron chi connectivity index (χ0n) is 18.7. The number of nitrogens with one attached hydrogen (secondary N) is 3. The molecule has 15 heteroatoms. The maximum atomic E-state index is 14.8. The van der Waals surface area contributed by atoms with E-state index in [0.717, 1.165) is 6.07 Å². The predicted octanol–water partition coefficient (Wildman–Crippen LogP) is 0.680. The quantitative estimate of drug-likeness (QED) is 0.215. The molecule has 0 saturated carbocycles. The van der Waals surface area contributed by atoms with Crippen LogP contribution in [0.3, 0.4) is 0 Å². The van der Waals surface area contributed by atoms with Crippen LogP contribution in [0.2, 0.25) is 0 Å². The molecular formula is C20H27F3N6O6. The number of anilines is 3. The molecule has 0 unspecified atom stereocenters. The number of rotatable bonds is 13. The van der Waals surface area contributed by atoms with Crippen molar-refractivity contribution in [1.82, 2.24) is 15.8 Å². The van der Waals surface area contributed by atoms with Gasteiger partial charge < -0.3 is 30.3 Å². The molecular weight excluding hydrogens is 477 g/mol. The average Bonchev–Trinajstić information content (AvgIpc) is 3.21. The van der Waals surface area contributed by atoms with Crippen LogP contribution in [0.25, 0.3) is 0 Å². The zero-order valence-corrected chi connectivity index (χ0v) is 18.7. The molecule has 2 aromatic rings. The van der Waals surface area contributed by atoms with Gasteiger partial charge in [0, 0.05) is 38.3 Å². The molecule has 0 fully saturated rings. The van der Waals surface area contributed by atoms with Crippen molar-refractivity contribution < 1.29 is 42.7 Å². The molecule has 0 spiro atoms. The highest BCUT2D eigenvalue weighted by Gasteiger charge is 2.19. The number of aliphatic hydroxyl groups excluding tert-OH is 2. The number of aromatic nitrogens is 1. The summed E-state index contributed by atoms with van der Waals surface area (Å²) in [4.78, 5) is 24.2. The lowest BCUT2D eigenvalue weighted by Gasteiger charge is -2.26. The van der Waals surface area contributed by atoms with Gasteiger partial charge in [-0.05, 0) is 19.1 Å². The minimum atomic E-state index is -3.24. The number of carbonyl (C=O) groups is 2. The van der Waals surface area contributed by atoms with Crippen molar-refractivity contribution in [2.75, 3.05) is 54.6 Å². The van der Waals surface area contributed by atoms with Gasteiger partial charge in [-0.25, -0.2) is 9.18 Å². The number of amides is 3. The second kappa shape index (κ2) is 13.4. The number of aryl methyl sites for hydroxylation is 1. The third-order valence-corrected chi connectivity index (χ3v) is 4.57. The highest BCUT2D eigenvalue weighted by atomic mass is 19.3. The molecule has 0 aliphatic carbocycles. The number of aliphatic hydroxyl groups is 2. The fourth-order valence-corrected chi connectivity index (χ4v) is 2.94. The molecule has 35 heavy (non-hydrogen) atoms. The fourth-order valence-electron chi connectivity index (χ4n) is 2.94. The van der Waals surface area contributed by atoms with Crippen LogP contribution in [0.5, 0.6) is 0 Å². The van der Waals surface area contributed by atoms with Crippen LogP contribution in [0.4, 0.5) is 35.2 Å². The molecule has 0 saturated heterocycles. The summed E-state index contributed by atoms with van der Waals surface area (Å²) >= 11 is 0. The normalized spacial score (nSPS) is 11.8. The van der Waals surface area contributed by atoms with Crippen molar-refractivity contribution >= 4 is 29.1 Å². The summed E-state index contributed by atoms with van der Waals surface area (Å²) in [6.45, 7) is 0.605. The van der Waals surface area contributed by atoms with E-state index < -0.39 is 43.4 Å². The van der Waals surface area contributed by atoms with E-state index in [-0.39, 0.29) is 43.4 Å². The Hall–Kier alpha value is -3.56. The van der Waals surface area contributed by atoms with Crippen LogP contribution in [0, 0.1) is 12.7 Å². The Bertz CT molecular complexity index is 979. The maximum absolute atomic E-state index is 14.8. The molecule has 6 N–H and O–H groups in total. The minimum absolute atomic E-state index is 0.0464. The summed E-state index contributed by atoms with van der Waals surface area (Å²) in [5.41, 5.74) is 0.0325. The molecule has 1 aromatic heterocycles. The van der Waals surface area contributed by atoms with E-state index in [2.05, 4.69) is 15.8 Å². The molecule has 1 atom stereocenters. The van der Waals surface area contributed by atoms with Gasteiger partial charge in [-0.15, -0.1) is 0 Å². The van der Waals surface area contributed by atoms with Gasteiger partial charge in [0.2, 0.25) is 0 Å². The number of alkyl halides is 2. The number of halogens is 3. The molecule has 3 amide bonds. The topological polar surface area (TPSA) is 163 Å². The number of benzene rings is 1. The predicted molar refractivity (Wildman–Crippen MR) is 118 cm³/mol. The second-order valence-corrected chi connectivity index (χ2v) is 7.33. The largest absolute Gasteiger partial charge is 0.395 e. The number of urea groups is 1. The van der Waals surface area contributed by atoms with Crippen molar-refractivity contribution in [3.63, 3.8) is 0 Å². The third kappa shape index (κ3) is 8.95. The zero-order chi connectivity index (χ0) is 26.0. The van der Waals surface area contributed by atoms with Crippen LogP contribution < -0.4 is 25.9 Å². The molecule has 1 heterocycles. The molecule has 1 aromatic carbocycles. The van der Waals surface area contributed by atoms with Gasteiger partial charge in [-0.1, -0.05) is 5.16 Å². The van der Waals surface area contributed by atoms with E-state index in [1.54, 1.807) is 12.2 Å². The Balaban J connectivity index is 1.91. The fraction of sp³-hybridized carbons (Fsp3) is 0.450. The molecule has 0 aliphatic rings. The van der Waals surface area contributed by atoms with E-state index in [1.807, 2.05) is 0 Å². The summed E-state index contributed by atoms with van der Waals surface area (Å²) in [5.74, 6) is -1.59. The maximum Gasteiger partial charge on any atom is 0.320 e. The van der Waals surface area contributed by atoms with Gasteiger partial charge in [-0.2, -0.15) is 8.78 Å². The van der Waals surface area contributed by atoms with Crippen LogP contribution in [-0.4, -0.2) is 84.4 Å². The van der Waals surface area contributed by atoms with Gasteiger partial charge in [0.15, 0.2) is 5.82 Å². The average molecular weight is 504 g/mol. The smallest absolute Gasteiger partial charge is 0.320 e. The number of hydrogen-bond donors (Lipinski definition) is 6. The van der Waals surface area contributed by atoms with Crippen molar-refractivity contribution in [2.45, 2.75) is 19.5 Å². The highest BCUT2D eigenvalue weighted by Crippen LogP contribution is 2.24. The first-order chi connectivity index (χ1) is 16.6. The number of hydroxylamine groups is 1. The summed E-state index contributed by atoms with van der Waals surface area (Å²) in [7, 11) is 0. The first-order valence-electron chi connectivity index (χ1n) is 10.4. The first kappa shape index (κ1) is 27.7. The number of carbonyl (C=O) groups excluding carboxylic acids is 2. The molecule has 12 nitrogen and oxygen atoms in total. The second-order valence-electron chi connectivity index (χ2n) is 7.33. The lowest BCUT2D eigenvalue weighted by Crippen LogP contribution is -2.41. The Morgan fingerprint density at radius 2 is 1.94 bits per heavy atom. The Morgan fingerprint density at radius 3 is 2.54 bits per heavy atom. The SMILES string of the molecule is Cc1cc(NC(=O)NCCN(CCO)c2ccc(N(O)C[C@@H](O)CNC(=O)C(F)F)cc2F)no1. The summed E-state index contributed by atoms with van der Waals surface area (Å²) in [6.07, 6.45) is -4.65. The first-order valence-corrected chi connectivity index (χ1v) is 10.4. The van der Waals surface area contributed by atoms with Gasteiger partial charge in [0.05, 0.1) is 30.6 Å². The molecule has 0 aliphatic heterocycles. The van der Waals surface area contributed by atoms with Gasteiger partial charge in [0.1, 0.15) is 11.6 Å². The van der Waals surface area contributed by atoms with Crippen molar-refractivity contribution in [3.8, 4) is 0 Å². The Morgan fingerprint density at radius 1 is 1.20 bits per heavy atom. The third-order valence-electron chi connectivity index (χ3n) is 4.57. The summed E-state index contributed by atoms with van der Waals surface area (Å²) in [6, 6.07) is 4.60. The lowest BCUT2D eigenvalue weighted by atomic mass is 10.2. The van der Waals surface area contributed by atoms with Crippen LogP contribution in [0.1, 0.15) is 5.76 Å². The van der Waals surface area contributed by atoms with E-state index in [1.165, 1.54) is 23.1 Å². The van der Waals surface area contributed by atoms with E-state index in [9.17, 15) is 38.2 Å². The Labute approximate surface area is 198 Å². The lowest BCUT2D eigenvalue weighted by molar-refractivity contribution is -0.132. The standard InChI is InChI=1S/C20H27F3N6O6/c1-12-8-17(27-35-12)26-20(33)24-4-5-28(6-7-30)16-3-2-13(9-15(16)21)29(34)11-14(31)10-25-19(32)18(22)23/h2-3,8-9,14,18,30-31,34H,4-7,10-11H2,1H3,(H,25,32)(H2,24,26,27,33)/t14-/m0/s1. The molecule has 2 rings (SSSR count).